The third-order valence-corrected chi connectivity index (χ3v) is 2.36. The largest absolute Gasteiger partial charge is 0.485 e. The number of nitrogens with zero attached hydrogens (tertiary/aromatic N) is 3. The normalized spacial score (nSPS) is 10.3. The molecule has 0 saturated carbocycles. The van der Waals surface area contributed by atoms with E-state index in [1.807, 2.05) is 0 Å². The van der Waals surface area contributed by atoms with Gasteiger partial charge in [0.15, 0.2) is 6.61 Å². The fourth-order valence-electron chi connectivity index (χ4n) is 1.27. The van der Waals surface area contributed by atoms with Crippen molar-refractivity contribution in [3.05, 3.63) is 45.1 Å². The Balaban J connectivity index is 2.06. The van der Waals surface area contributed by atoms with Crippen LogP contribution in [-0.2, 0) is 6.61 Å². The molecule has 0 bridgehead atoms. The molecular formula is C10H8ClN3O4. The van der Waals surface area contributed by atoms with Crippen molar-refractivity contribution >= 4 is 17.3 Å². The van der Waals surface area contributed by atoms with Gasteiger partial charge in [0.25, 0.3) is 5.69 Å². The van der Waals surface area contributed by atoms with E-state index in [1.54, 1.807) is 6.92 Å². The zero-order chi connectivity index (χ0) is 13.1. The van der Waals surface area contributed by atoms with Crippen molar-refractivity contribution in [2.45, 2.75) is 13.5 Å². The third kappa shape index (κ3) is 2.75. The minimum absolute atomic E-state index is 0.0155. The van der Waals surface area contributed by atoms with Crippen LogP contribution in [-0.4, -0.2) is 15.1 Å². The van der Waals surface area contributed by atoms with Gasteiger partial charge in [0, 0.05) is 19.1 Å². The first-order chi connectivity index (χ1) is 8.56. The molecule has 1 heterocycles. The summed E-state index contributed by atoms with van der Waals surface area (Å²) in [6.45, 7) is 1.77. The quantitative estimate of drug-likeness (QED) is 0.625. The number of rotatable bonds is 4. The number of benzene rings is 1. The zero-order valence-electron chi connectivity index (χ0n) is 9.29. The Morgan fingerprint density at radius 3 is 2.89 bits per heavy atom. The van der Waals surface area contributed by atoms with Crippen LogP contribution >= 0.6 is 11.6 Å². The molecule has 0 saturated heterocycles. The van der Waals surface area contributed by atoms with E-state index in [1.165, 1.54) is 18.2 Å². The second-order valence-corrected chi connectivity index (χ2v) is 3.80. The second kappa shape index (κ2) is 5.01. The molecule has 1 aromatic carbocycles. The zero-order valence-corrected chi connectivity index (χ0v) is 10.0. The number of halogens is 1. The van der Waals surface area contributed by atoms with Gasteiger partial charge in [0.1, 0.15) is 10.8 Å². The van der Waals surface area contributed by atoms with Crippen molar-refractivity contribution in [2.24, 2.45) is 0 Å². The highest BCUT2D eigenvalue weighted by Crippen LogP contribution is 2.28. The number of ether oxygens (including phenoxy) is 1. The van der Waals surface area contributed by atoms with Crippen LogP contribution in [0.2, 0.25) is 5.02 Å². The molecule has 0 aliphatic heterocycles. The van der Waals surface area contributed by atoms with E-state index in [4.69, 9.17) is 20.9 Å². The average Bonchev–Trinajstić information content (AvgIpc) is 2.72. The first-order valence-electron chi connectivity index (χ1n) is 4.92. The molecule has 0 unspecified atom stereocenters. The lowest BCUT2D eigenvalue weighted by Gasteiger charge is -2.03. The number of aryl methyl sites for hydroxylation is 1. The molecule has 0 amide bonds. The van der Waals surface area contributed by atoms with Crippen molar-refractivity contribution in [2.75, 3.05) is 0 Å². The maximum atomic E-state index is 10.6. The van der Waals surface area contributed by atoms with Crippen LogP contribution in [0.4, 0.5) is 5.69 Å². The molecule has 7 nitrogen and oxygen atoms in total. The van der Waals surface area contributed by atoms with Crippen LogP contribution in [0, 0.1) is 17.0 Å². The van der Waals surface area contributed by atoms with E-state index < -0.39 is 4.92 Å². The SMILES string of the molecule is Cc1nc(COc2ccc([N+](=O)[O-])c(Cl)c2)no1. The van der Waals surface area contributed by atoms with Gasteiger partial charge in [-0.05, 0) is 6.07 Å². The number of aromatic nitrogens is 2. The molecule has 0 radical (unpaired) electrons. The summed E-state index contributed by atoms with van der Waals surface area (Å²) in [6.07, 6.45) is 0. The summed E-state index contributed by atoms with van der Waals surface area (Å²) in [5, 5.41) is 14.2. The molecule has 0 aliphatic carbocycles. The smallest absolute Gasteiger partial charge is 0.288 e. The molecular weight excluding hydrogens is 262 g/mol. The van der Waals surface area contributed by atoms with Gasteiger partial charge in [-0.25, -0.2) is 0 Å². The predicted molar refractivity (Wildman–Crippen MR) is 61.5 cm³/mol. The fraction of sp³-hybridized carbons (Fsp3) is 0.200. The van der Waals surface area contributed by atoms with Crippen LogP contribution in [0.5, 0.6) is 5.75 Å². The Morgan fingerprint density at radius 1 is 1.56 bits per heavy atom. The van der Waals surface area contributed by atoms with E-state index in [0.29, 0.717) is 17.5 Å². The van der Waals surface area contributed by atoms with Gasteiger partial charge in [0.05, 0.1) is 4.92 Å². The second-order valence-electron chi connectivity index (χ2n) is 3.39. The summed E-state index contributed by atoms with van der Waals surface area (Å²) in [4.78, 5) is 14.0. The molecule has 0 aliphatic rings. The molecule has 0 spiro atoms. The van der Waals surface area contributed by atoms with E-state index in [2.05, 4.69) is 10.1 Å². The molecule has 1 aromatic heterocycles. The van der Waals surface area contributed by atoms with Gasteiger partial charge >= 0.3 is 0 Å². The van der Waals surface area contributed by atoms with E-state index in [0.717, 1.165) is 0 Å². The molecule has 0 atom stereocenters. The molecule has 0 N–H and O–H groups in total. The maximum absolute atomic E-state index is 10.6. The predicted octanol–water partition coefficient (Wildman–Crippen LogP) is 2.52. The number of nitro groups is 1. The molecule has 2 aromatic rings. The summed E-state index contributed by atoms with van der Waals surface area (Å²) < 4.78 is 10.1. The van der Waals surface area contributed by atoms with Gasteiger partial charge in [-0.15, -0.1) is 0 Å². The highest BCUT2D eigenvalue weighted by atomic mass is 35.5. The van der Waals surface area contributed by atoms with Gasteiger partial charge in [-0.1, -0.05) is 16.8 Å². The topological polar surface area (TPSA) is 91.3 Å². The first kappa shape index (κ1) is 12.3. The van der Waals surface area contributed by atoms with Crippen LogP contribution in [0.15, 0.2) is 22.7 Å². The molecule has 0 fully saturated rings. The van der Waals surface area contributed by atoms with E-state index in [9.17, 15) is 10.1 Å². The summed E-state index contributed by atoms with van der Waals surface area (Å²) >= 11 is 5.74. The van der Waals surface area contributed by atoms with Crippen molar-refractivity contribution < 1.29 is 14.2 Å². The van der Waals surface area contributed by atoms with Crippen molar-refractivity contribution in [1.82, 2.24) is 10.1 Å². The van der Waals surface area contributed by atoms with Crippen molar-refractivity contribution in [3.8, 4) is 5.75 Å². The lowest BCUT2D eigenvalue weighted by atomic mass is 10.3. The highest BCUT2D eigenvalue weighted by molar-refractivity contribution is 6.32. The Kier molecular flexibility index (Phi) is 3.42. The fourth-order valence-corrected chi connectivity index (χ4v) is 1.51. The van der Waals surface area contributed by atoms with E-state index >= 15 is 0 Å². The monoisotopic (exact) mass is 269 g/mol. The summed E-state index contributed by atoms with van der Waals surface area (Å²) in [7, 11) is 0. The lowest BCUT2D eigenvalue weighted by Crippen LogP contribution is -1.98. The maximum Gasteiger partial charge on any atom is 0.288 e. The summed E-state index contributed by atoms with van der Waals surface area (Å²) in [5.41, 5.74) is -0.167. The van der Waals surface area contributed by atoms with Crippen molar-refractivity contribution in [1.29, 1.82) is 0 Å². The summed E-state index contributed by atoms with van der Waals surface area (Å²) in [6, 6.07) is 4.10. The number of hydrogen-bond acceptors (Lipinski definition) is 6. The lowest BCUT2D eigenvalue weighted by molar-refractivity contribution is -0.384. The molecule has 2 rings (SSSR count). The third-order valence-electron chi connectivity index (χ3n) is 2.05. The molecule has 94 valence electrons. The Bertz CT molecular complexity index is 584. The Hall–Kier alpha value is -2.15. The standard InChI is InChI=1S/C10H8ClN3O4/c1-6-12-10(13-18-6)5-17-7-2-3-9(14(15)16)8(11)4-7/h2-4H,5H2,1H3. The van der Waals surface area contributed by atoms with E-state index in [-0.39, 0.29) is 17.3 Å². The van der Waals surface area contributed by atoms with Crippen LogP contribution in [0.3, 0.4) is 0 Å². The Labute approximate surface area is 106 Å². The van der Waals surface area contributed by atoms with Crippen LogP contribution in [0.25, 0.3) is 0 Å². The van der Waals surface area contributed by atoms with Gasteiger partial charge in [-0.2, -0.15) is 4.98 Å². The number of nitro benzene ring substituents is 1. The van der Waals surface area contributed by atoms with Gasteiger partial charge in [0.2, 0.25) is 11.7 Å². The van der Waals surface area contributed by atoms with Gasteiger partial charge < -0.3 is 9.26 Å². The van der Waals surface area contributed by atoms with Crippen molar-refractivity contribution in [3.63, 3.8) is 0 Å². The Morgan fingerprint density at radius 2 is 2.33 bits per heavy atom. The first-order valence-corrected chi connectivity index (χ1v) is 5.30. The van der Waals surface area contributed by atoms with Gasteiger partial charge in [-0.3, -0.25) is 10.1 Å². The summed E-state index contributed by atoms with van der Waals surface area (Å²) in [5.74, 6) is 1.23. The molecule has 18 heavy (non-hydrogen) atoms. The highest BCUT2D eigenvalue weighted by Gasteiger charge is 2.13. The number of hydrogen-bond donors (Lipinski definition) is 0. The average molecular weight is 270 g/mol. The molecule has 8 heteroatoms. The minimum atomic E-state index is -0.561. The minimum Gasteiger partial charge on any atom is -0.485 e. The van der Waals surface area contributed by atoms with Crippen LogP contribution < -0.4 is 4.74 Å². The van der Waals surface area contributed by atoms with Crippen LogP contribution in [0.1, 0.15) is 11.7 Å².